The molecule has 3 rings (SSSR count). The maximum Gasteiger partial charge on any atom is 0.124 e. The Morgan fingerprint density at radius 2 is 2.29 bits per heavy atom. The summed E-state index contributed by atoms with van der Waals surface area (Å²) in [5.74, 6) is 0.920. The number of H-pyrrole nitrogens is 1. The molecule has 0 bridgehead atoms. The zero-order chi connectivity index (χ0) is 14.7. The third-order valence-corrected chi connectivity index (χ3v) is 3.98. The smallest absolute Gasteiger partial charge is 0.124 e. The Labute approximate surface area is 123 Å². The van der Waals surface area contributed by atoms with Crippen LogP contribution in [0.1, 0.15) is 17.7 Å². The summed E-state index contributed by atoms with van der Waals surface area (Å²) in [5, 5.41) is 20.9. The fourth-order valence-corrected chi connectivity index (χ4v) is 2.70. The molecule has 1 saturated heterocycles. The number of nitrogens with one attached hydrogen (secondary N) is 1. The lowest BCUT2D eigenvalue weighted by Crippen LogP contribution is -2.33. The first kappa shape index (κ1) is 14.0. The molecule has 1 aliphatic rings. The number of aromatic nitrogens is 3. The molecular weight excluding hydrogens is 268 g/mol. The number of para-hydroxylation sites is 1. The first-order chi connectivity index (χ1) is 10.2. The molecule has 1 atom stereocenters. The number of β-amino-alcohol motifs (C(OH)–C–C–N with tert-alkyl or cyclic N) is 1. The van der Waals surface area contributed by atoms with E-state index in [2.05, 4.69) is 20.3 Å². The summed E-state index contributed by atoms with van der Waals surface area (Å²) < 4.78 is 5.80. The Morgan fingerprint density at radius 1 is 1.43 bits per heavy atom. The highest BCUT2D eigenvalue weighted by Crippen LogP contribution is 2.29. The summed E-state index contributed by atoms with van der Waals surface area (Å²) in [6.07, 6.45) is 2.26. The number of hydrogen-bond donors (Lipinski definition) is 2. The van der Waals surface area contributed by atoms with Crippen LogP contribution in [0.15, 0.2) is 30.5 Å². The maximum absolute atomic E-state index is 10.6. The number of nitrogens with zero attached hydrogens (tertiary/aromatic N) is 3. The van der Waals surface area contributed by atoms with Gasteiger partial charge in [0.25, 0.3) is 0 Å². The fraction of sp³-hybridized carbons (Fsp3) is 0.467. The molecule has 6 heteroatoms. The van der Waals surface area contributed by atoms with Gasteiger partial charge in [0.05, 0.1) is 6.20 Å². The largest absolute Gasteiger partial charge is 0.492 e. The van der Waals surface area contributed by atoms with Crippen LogP contribution in [0.4, 0.5) is 0 Å². The minimum Gasteiger partial charge on any atom is -0.492 e. The van der Waals surface area contributed by atoms with Crippen molar-refractivity contribution in [3.8, 4) is 5.75 Å². The van der Waals surface area contributed by atoms with Gasteiger partial charge in [-0.2, -0.15) is 15.4 Å². The molecule has 1 fully saturated rings. The molecule has 1 aromatic carbocycles. The van der Waals surface area contributed by atoms with Gasteiger partial charge in [0.2, 0.25) is 0 Å². The predicted molar refractivity (Wildman–Crippen MR) is 78.0 cm³/mol. The Hall–Kier alpha value is -1.92. The van der Waals surface area contributed by atoms with E-state index in [1.807, 2.05) is 31.2 Å². The Kier molecular flexibility index (Phi) is 3.90. The average molecular weight is 288 g/mol. The molecule has 0 amide bonds. The molecule has 0 saturated carbocycles. The van der Waals surface area contributed by atoms with Gasteiger partial charge in [-0.25, -0.2) is 0 Å². The third kappa shape index (κ3) is 3.06. The second-order valence-electron chi connectivity index (χ2n) is 5.53. The number of aromatic amines is 1. The number of aryl methyl sites for hydroxylation is 1. The van der Waals surface area contributed by atoms with Crippen molar-refractivity contribution in [1.29, 1.82) is 0 Å². The van der Waals surface area contributed by atoms with Crippen LogP contribution >= 0.6 is 0 Å². The number of ether oxygens (including phenoxy) is 1. The van der Waals surface area contributed by atoms with E-state index in [-0.39, 0.29) is 0 Å². The molecule has 1 aliphatic heterocycles. The van der Waals surface area contributed by atoms with E-state index < -0.39 is 5.60 Å². The van der Waals surface area contributed by atoms with Gasteiger partial charge in [0.1, 0.15) is 23.7 Å². The van der Waals surface area contributed by atoms with Crippen molar-refractivity contribution >= 4 is 0 Å². The van der Waals surface area contributed by atoms with Crippen LogP contribution in [-0.4, -0.2) is 51.7 Å². The Bertz CT molecular complexity index is 587. The summed E-state index contributed by atoms with van der Waals surface area (Å²) in [6.45, 7) is 4.83. The van der Waals surface area contributed by atoms with Gasteiger partial charge in [0, 0.05) is 19.6 Å². The van der Waals surface area contributed by atoms with E-state index in [9.17, 15) is 5.11 Å². The van der Waals surface area contributed by atoms with E-state index in [0.29, 0.717) is 25.3 Å². The summed E-state index contributed by atoms with van der Waals surface area (Å²) >= 11 is 0. The molecule has 2 heterocycles. The van der Waals surface area contributed by atoms with Crippen LogP contribution < -0.4 is 4.74 Å². The summed E-state index contributed by atoms with van der Waals surface area (Å²) in [7, 11) is 0. The molecule has 0 unspecified atom stereocenters. The van der Waals surface area contributed by atoms with Crippen molar-refractivity contribution in [2.75, 3.05) is 26.2 Å². The summed E-state index contributed by atoms with van der Waals surface area (Å²) in [6, 6.07) is 7.99. The lowest BCUT2D eigenvalue weighted by Gasteiger charge is -2.21. The van der Waals surface area contributed by atoms with E-state index in [0.717, 1.165) is 24.4 Å². The Morgan fingerprint density at radius 3 is 3.05 bits per heavy atom. The molecule has 112 valence electrons. The van der Waals surface area contributed by atoms with Crippen LogP contribution in [0.3, 0.4) is 0 Å². The van der Waals surface area contributed by atoms with Gasteiger partial charge >= 0.3 is 0 Å². The minimum atomic E-state index is -0.893. The molecule has 2 N–H and O–H groups in total. The second-order valence-corrected chi connectivity index (χ2v) is 5.53. The van der Waals surface area contributed by atoms with Crippen LogP contribution in [0.25, 0.3) is 0 Å². The number of rotatable bonds is 5. The average Bonchev–Trinajstić information content (AvgIpc) is 3.12. The minimum absolute atomic E-state index is 0.566. The van der Waals surface area contributed by atoms with Crippen LogP contribution in [-0.2, 0) is 5.60 Å². The van der Waals surface area contributed by atoms with Crippen molar-refractivity contribution in [3.63, 3.8) is 0 Å². The molecule has 0 aliphatic carbocycles. The van der Waals surface area contributed by atoms with Crippen LogP contribution in [0.2, 0.25) is 0 Å². The normalized spacial score (nSPS) is 22.6. The SMILES string of the molecule is Cc1ccccc1OCCN1CC[C@@](O)(c2cn[nH]n2)C1. The molecule has 0 radical (unpaired) electrons. The number of likely N-dealkylation sites (tertiary alicyclic amines) is 1. The van der Waals surface area contributed by atoms with Gasteiger partial charge in [-0.3, -0.25) is 4.90 Å². The highest BCUT2D eigenvalue weighted by Gasteiger charge is 2.39. The van der Waals surface area contributed by atoms with Crippen molar-refractivity contribution in [2.24, 2.45) is 0 Å². The summed E-state index contributed by atoms with van der Waals surface area (Å²) in [5.41, 5.74) is 0.859. The molecular formula is C15H20N4O2. The number of benzene rings is 1. The zero-order valence-corrected chi connectivity index (χ0v) is 12.1. The predicted octanol–water partition coefficient (Wildman–Crippen LogP) is 1.09. The lowest BCUT2D eigenvalue weighted by atomic mass is 10.0. The van der Waals surface area contributed by atoms with Crippen LogP contribution in [0.5, 0.6) is 5.75 Å². The van der Waals surface area contributed by atoms with Crippen molar-refractivity contribution in [3.05, 3.63) is 41.7 Å². The van der Waals surface area contributed by atoms with Crippen molar-refractivity contribution in [1.82, 2.24) is 20.3 Å². The van der Waals surface area contributed by atoms with Gasteiger partial charge in [-0.1, -0.05) is 18.2 Å². The number of aliphatic hydroxyl groups is 1. The van der Waals surface area contributed by atoms with Gasteiger partial charge in [0.15, 0.2) is 0 Å². The topological polar surface area (TPSA) is 74.3 Å². The summed E-state index contributed by atoms with van der Waals surface area (Å²) in [4.78, 5) is 2.19. The fourth-order valence-electron chi connectivity index (χ4n) is 2.70. The van der Waals surface area contributed by atoms with Crippen LogP contribution in [0, 0.1) is 6.92 Å². The quantitative estimate of drug-likeness (QED) is 0.861. The highest BCUT2D eigenvalue weighted by atomic mass is 16.5. The maximum atomic E-state index is 10.6. The molecule has 6 nitrogen and oxygen atoms in total. The lowest BCUT2D eigenvalue weighted by molar-refractivity contribution is 0.0403. The van der Waals surface area contributed by atoms with E-state index in [1.54, 1.807) is 6.20 Å². The van der Waals surface area contributed by atoms with Gasteiger partial charge < -0.3 is 9.84 Å². The first-order valence-corrected chi connectivity index (χ1v) is 7.17. The highest BCUT2D eigenvalue weighted by molar-refractivity contribution is 5.31. The molecule has 1 aromatic heterocycles. The van der Waals surface area contributed by atoms with E-state index in [1.165, 1.54) is 0 Å². The molecule has 2 aromatic rings. The zero-order valence-electron chi connectivity index (χ0n) is 12.1. The van der Waals surface area contributed by atoms with Crippen molar-refractivity contribution in [2.45, 2.75) is 18.9 Å². The van der Waals surface area contributed by atoms with E-state index >= 15 is 0 Å². The van der Waals surface area contributed by atoms with E-state index in [4.69, 9.17) is 4.74 Å². The monoisotopic (exact) mass is 288 g/mol. The standard InChI is InChI=1S/C15H20N4O2/c1-12-4-2-3-5-13(12)21-9-8-19-7-6-15(20,11-19)14-10-16-18-17-14/h2-5,10,20H,6-9,11H2,1H3,(H,16,17,18)/t15-/m0/s1. The second kappa shape index (κ2) is 5.83. The van der Waals surface area contributed by atoms with Gasteiger partial charge in [-0.15, -0.1) is 0 Å². The Balaban J connectivity index is 1.51. The molecule has 21 heavy (non-hydrogen) atoms. The van der Waals surface area contributed by atoms with Gasteiger partial charge in [-0.05, 0) is 25.0 Å². The first-order valence-electron chi connectivity index (χ1n) is 7.17. The van der Waals surface area contributed by atoms with Crippen molar-refractivity contribution < 1.29 is 9.84 Å². The molecule has 0 spiro atoms. The third-order valence-electron chi connectivity index (χ3n) is 3.98. The number of hydrogen-bond acceptors (Lipinski definition) is 5.